The maximum atomic E-state index is 12.8. The minimum atomic E-state index is -0.482. The molecule has 1 aromatic rings. The maximum Gasteiger partial charge on any atom is 0.262 e. The van der Waals surface area contributed by atoms with Crippen molar-refractivity contribution in [1.29, 1.82) is 0 Å². The van der Waals surface area contributed by atoms with Crippen LogP contribution < -0.4 is 10.6 Å². The highest BCUT2D eigenvalue weighted by atomic mass is 19.1. The fourth-order valence-electron chi connectivity index (χ4n) is 1.87. The smallest absolute Gasteiger partial charge is 0.262 e. The second kappa shape index (κ2) is 6.18. The van der Waals surface area contributed by atoms with Crippen LogP contribution in [0.1, 0.15) is 13.3 Å². The number of hydrogen-bond donors (Lipinski definition) is 3. The van der Waals surface area contributed by atoms with Gasteiger partial charge in [-0.25, -0.2) is 4.39 Å². The number of rotatable bonds is 3. The fourth-order valence-corrected chi connectivity index (χ4v) is 1.87. The van der Waals surface area contributed by atoms with Gasteiger partial charge in [-0.15, -0.1) is 0 Å². The molecule has 1 amide bonds. The first-order chi connectivity index (χ1) is 9.58. The molecular formula is C14H16FN3O2. The van der Waals surface area contributed by atoms with Crippen molar-refractivity contribution in [2.45, 2.75) is 13.3 Å². The number of aliphatic hydroxyl groups excluding tert-OH is 1. The number of nitrogens with one attached hydrogen (secondary N) is 2. The Morgan fingerprint density at radius 1 is 1.40 bits per heavy atom. The molecule has 0 spiro atoms. The lowest BCUT2D eigenvalue weighted by atomic mass is 10.1. The largest absolute Gasteiger partial charge is 0.512 e. The van der Waals surface area contributed by atoms with Gasteiger partial charge in [0.25, 0.3) is 5.91 Å². The lowest BCUT2D eigenvalue weighted by Crippen LogP contribution is -2.36. The summed E-state index contributed by atoms with van der Waals surface area (Å²) in [5, 5.41) is 15.3. The SMILES string of the molecule is C/C(O)=C(/C(=O)Nc1ccc(F)cc1)C1=NCCCN1. The molecule has 20 heavy (non-hydrogen) atoms. The third-order valence-corrected chi connectivity index (χ3v) is 2.83. The van der Waals surface area contributed by atoms with Crippen LogP contribution in [0.25, 0.3) is 0 Å². The van der Waals surface area contributed by atoms with Gasteiger partial charge in [-0.3, -0.25) is 9.79 Å². The second-order valence-corrected chi connectivity index (χ2v) is 4.43. The van der Waals surface area contributed by atoms with Crippen molar-refractivity contribution in [3.8, 4) is 0 Å². The molecule has 0 radical (unpaired) electrons. The normalized spacial score (nSPS) is 15.8. The number of hydrogen-bond acceptors (Lipinski definition) is 4. The molecule has 0 unspecified atom stereocenters. The molecule has 1 aliphatic rings. The number of carbonyl (C=O) groups is 1. The molecule has 106 valence electrons. The van der Waals surface area contributed by atoms with Crippen LogP contribution >= 0.6 is 0 Å². The first-order valence-electron chi connectivity index (χ1n) is 6.33. The number of aliphatic hydroxyl groups is 1. The summed E-state index contributed by atoms with van der Waals surface area (Å²) in [6.07, 6.45) is 0.890. The first-order valence-corrected chi connectivity index (χ1v) is 6.33. The van der Waals surface area contributed by atoms with E-state index in [1.54, 1.807) is 0 Å². The summed E-state index contributed by atoms with van der Waals surface area (Å²) in [7, 11) is 0. The van der Waals surface area contributed by atoms with Crippen LogP contribution in [0.3, 0.4) is 0 Å². The van der Waals surface area contributed by atoms with Crippen molar-refractivity contribution < 1.29 is 14.3 Å². The quantitative estimate of drug-likeness (QED) is 0.584. The van der Waals surface area contributed by atoms with Crippen LogP contribution in [-0.2, 0) is 4.79 Å². The molecular weight excluding hydrogens is 261 g/mol. The molecule has 6 heteroatoms. The number of amidine groups is 1. The molecule has 3 N–H and O–H groups in total. The molecule has 2 rings (SSSR count). The number of nitrogens with zero attached hydrogens (tertiary/aromatic N) is 1. The minimum absolute atomic E-state index is 0.106. The molecule has 5 nitrogen and oxygen atoms in total. The van der Waals surface area contributed by atoms with E-state index in [2.05, 4.69) is 15.6 Å². The summed E-state index contributed by atoms with van der Waals surface area (Å²) in [5.41, 5.74) is 0.556. The lowest BCUT2D eigenvalue weighted by molar-refractivity contribution is -0.112. The number of amides is 1. The van der Waals surface area contributed by atoms with E-state index in [1.807, 2.05) is 0 Å². The Labute approximate surface area is 116 Å². The second-order valence-electron chi connectivity index (χ2n) is 4.43. The average Bonchev–Trinajstić information content (AvgIpc) is 2.42. The van der Waals surface area contributed by atoms with E-state index in [0.29, 0.717) is 24.6 Å². The topological polar surface area (TPSA) is 73.7 Å². The van der Waals surface area contributed by atoms with Crippen LogP contribution in [0.15, 0.2) is 40.6 Å². The number of benzene rings is 1. The van der Waals surface area contributed by atoms with Gasteiger partial charge < -0.3 is 15.7 Å². The molecule has 0 fully saturated rings. The molecule has 1 aromatic carbocycles. The Kier molecular flexibility index (Phi) is 4.34. The van der Waals surface area contributed by atoms with Gasteiger partial charge >= 0.3 is 0 Å². The Morgan fingerprint density at radius 3 is 2.65 bits per heavy atom. The number of carbonyl (C=O) groups excluding carboxylic acids is 1. The molecule has 0 aromatic heterocycles. The van der Waals surface area contributed by atoms with Gasteiger partial charge in [0.15, 0.2) is 0 Å². The zero-order valence-corrected chi connectivity index (χ0v) is 11.1. The number of aliphatic imine (C=N–C) groups is 1. The van der Waals surface area contributed by atoms with E-state index < -0.39 is 5.91 Å². The number of halogens is 1. The molecule has 1 heterocycles. The van der Waals surface area contributed by atoms with Crippen LogP contribution in [0.4, 0.5) is 10.1 Å². The van der Waals surface area contributed by atoms with Gasteiger partial charge in [-0.05, 0) is 37.6 Å². The van der Waals surface area contributed by atoms with Crippen molar-refractivity contribution in [3.05, 3.63) is 41.4 Å². The predicted octanol–water partition coefficient (Wildman–Crippen LogP) is 1.99. The summed E-state index contributed by atoms with van der Waals surface area (Å²) >= 11 is 0. The van der Waals surface area contributed by atoms with Crippen LogP contribution in [0.5, 0.6) is 0 Å². The summed E-state index contributed by atoms with van der Waals surface area (Å²) in [6, 6.07) is 5.41. The third-order valence-electron chi connectivity index (χ3n) is 2.83. The van der Waals surface area contributed by atoms with Gasteiger partial charge in [0.1, 0.15) is 23.0 Å². The Hall–Kier alpha value is -2.37. The highest BCUT2D eigenvalue weighted by molar-refractivity contribution is 6.25. The van der Waals surface area contributed by atoms with Crippen molar-refractivity contribution in [1.82, 2.24) is 5.32 Å². The fraction of sp³-hybridized carbons (Fsp3) is 0.286. The lowest BCUT2D eigenvalue weighted by Gasteiger charge is -2.17. The van der Waals surface area contributed by atoms with Crippen molar-refractivity contribution >= 4 is 17.4 Å². The summed E-state index contributed by atoms with van der Waals surface area (Å²) in [5.74, 6) is -0.589. The Morgan fingerprint density at radius 2 is 2.10 bits per heavy atom. The maximum absolute atomic E-state index is 12.8. The van der Waals surface area contributed by atoms with Gasteiger partial charge in [0, 0.05) is 18.8 Å². The monoisotopic (exact) mass is 277 g/mol. The van der Waals surface area contributed by atoms with E-state index in [4.69, 9.17) is 0 Å². The summed E-state index contributed by atoms with van der Waals surface area (Å²) in [6.45, 7) is 2.75. The van der Waals surface area contributed by atoms with Gasteiger partial charge in [-0.2, -0.15) is 0 Å². The van der Waals surface area contributed by atoms with Crippen LogP contribution in [-0.4, -0.2) is 29.9 Å². The zero-order chi connectivity index (χ0) is 14.5. The molecule has 1 aliphatic heterocycles. The molecule has 0 atom stereocenters. The Balaban J connectivity index is 2.18. The molecule has 0 aliphatic carbocycles. The van der Waals surface area contributed by atoms with Gasteiger partial charge in [0.2, 0.25) is 0 Å². The zero-order valence-electron chi connectivity index (χ0n) is 11.1. The average molecular weight is 277 g/mol. The highest BCUT2D eigenvalue weighted by Crippen LogP contribution is 2.13. The van der Waals surface area contributed by atoms with Gasteiger partial charge in [-0.1, -0.05) is 0 Å². The molecule has 0 saturated heterocycles. The standard InChI is InChI=1S/C14H16FN3O2/c1-9(19)12(13-16-7-2-8-17-13)14(20)18-11-5-3-10(15)4-6-11/h3-6,19H,2,7-8H2,1H3,(H,16,17)(H,18,20)/b12-9-. The van der Waals surface area contributed by atoms with Crippen LogP contribution in [0.2, 0.25) is 0 Å². The number of allylic oxidation sites excluding steroid dienone is 1. The van der Waals surface area contributed by atoms with Crippen molar-refractivity contribution in [2.24, 2.45) is 4.99 Å². The van der Waals surface area contributed by atoms with E-state index in [1.165, 1.54) is 31.2 Å². The number of anilines is 1. The summed E-state index contributed by atoms with van der Waals surface area (Å²) < 4.78 is 12.8. The Bertz CT molecular complexity index is 560. The van der Waals surface area contributed by atoms with E-state index in [9.17, 15) is 14.3 Å². The summed E-state index contributed by atoms with van der Waals surface area (Å²) in [4.78, 5) is 16.4. The van der Waals surface area contributed by atoms with Crippen molar-refractivity contribution in [2.75, 3.05) is 18.4 Å². The van der Waals surface area contributed by atoms with E-state index in [0.717, 1.165) is 6.42 Å². The highest BCUT2D eigenvalue weighted by Gasteiger charge is 2.21. The first kappa shape index (κ1) is 14.0. The van der Waals surface area contributed by atoms with E-state index in [-0.39, 0.29) is 17.1 Å². The minimum Gasteiger partial charge on any atom is -0.512 e. The molecule has 0 saturated carbocycles. The van der Waals surface area contributed by atoms with Gasteiger partial charge in [0.05, 0.1) is 0 Å². The predicted molar refractivity (Wildman–Crippen MR) is 75.3 cm³/mol. The third kappa shape index (κ3) is 3.34. The van der Waals surface area contributed by atoms with Crippen LogP contribution in [0, 0.1) is 5.82 Å². The van der Waals surface area contributed by atoms with E-state index >= 15 is 0 Å². The van der Waals surface area contributed by atoms with Crippen molar-refractivity contribution in [3.63, 3.8) is 0 Å². The molecule has 0 bridgehead atoms.